The van der Waals surface area contributed by atoms with Gasteiger partial charge in [-0.25, -0.2) is 4.98 Å². The number of aromatic nitrogens is 2. The fourth-order valence-corrected chi connectivity index (χ4v) is 2.16. The zero-order chi connectivity index (χ0) is 15.4. The molecule has 2 aromatic rings. The second-order valence-corrected chi connectivity index (χ2v) is 4.82. The average molecular weight is 289 g/mol. The smallest absolute Gasteiger partial charge is 0.229 e. The van der Waals surface area contributed by atoms with Gasteiger partial charge in [-0.15, -0.1) is 6.42 Å². The van der Waals surface area contributed by atoms with Gasteiger partial charge in [-0.3, -0.25) is 4.99 Å². The minimum absolute atomic E-state index is 0.399. The number of hydrogen-bond acceptors (Lipinski definition) is 5. The van der Waals surface area contributed by atoms with Crippen LogP contribution in [0.1, 0.15) is 24.0 Å². The highest BCUT2D eigenvalue weighted by Gasteiger charge is 2.10. The number of allylic oxidation sites excluding steroid dienone is 1. The lowest BCUT2D eigenvalue weighted by Crippen LogP contribution is -2.04. The summed E-state index contributed by atoms with van der Waals surface area (Å²) in [6.07, 6.45) is 12.9. The molecule has 0 fully saturated rings. The first-order valence-corrected chi connectivity index (χ1v) is 6.95. The molecule has 0 bridgehead atoms. The Labute approximate surface area is 129 Å². The fraction of sp³-hybridized carbons (Fsp3) is 0.118. The summed E-state index contributed by atoms with van der Waals surface area (Å²) in [5.41, 5.74) is 9.20. The molecule has 0 amide bonds. The van der Waals surface area contributed by atoms with E-state index in [0.29, 0.717) is 11.8 Å². The lowest BCUT2D eigenvalue weighted by molar-refractivity contribution is 1.08. The van der Waals surface area contributed by atoms with E-state index in [0.717, 1.165) is 35.4 Å². The van der Waals surface area contributed by atoms with Crippen molar-refractivity contribution in [3.05, 3.63) is 47.7 Å². The SMILES string of the molecule is C#Cc1cccc(Nc2ncc(C3=CCCC=N3)c(N)n2)c1. The van der Waals surface area contributed by atoms with Crippen molar-refractivity contribution in [3.63, 3.8) is 0 Å². The Morgan fingerprint density at radius 2 is 2.18 bits per heavy atom. The van der Waals surface area contributed by atoms with Gasteiger partial charge in [-0.1, -0.05) is 18.1 Å². The number of terminal acetylenes is 1. The molecule has 3 N–H and O–H groups in total. The lowest BCUT2D eigenvalue weighted by atomic mass is 10.1. The van der Waals surface area contributed by atoms with Crippen LogP contribution >= 0.6 is 0 Å². The number of nitrogens with two attached hydrogens (primary N) is 1. The van der Waals surface area contributed by atoms with Crippen molar-refractivity contribution in [1.29, 1.82) is 0 Å². The Balaban J connectivity index is 1.84. The van der Waals surface area contributed by atoms with Gasteiger partial charge >= 0.3 is 0 Å². The molecular weight excluding hydrogens is 274 g/mol. The molecule has 1 aromatic carbocycles. The number of rotatable bonds is 3. The highest BCUT2D eigenvalue weighted by Crippen LogP contribution is 2.24. The Bertz CT molecular complexity index is 799. The van der Waals surface area contributed by atoms with E-state index in [4.69, 9.17) is 12.2 Å². The standard InChI is InChI=1S/C17H15N5/c1-2-12-6-5-7-13(10-12)21-17-20-11-14(16(18)22-17)15-8-3-4-9-19-15/h1,5-11H,3-4H2,(H3,18,20,21,22). The monoisotopic (exact) mass is 289 g/mol. The van der Waals surface area contributed by atoms with Gasteiger partial charge in [0.15, 0.2) is 0 Å². The lowest BCUT2D eigenvalue weighted by Gasteiger charge is -2.10. The van der Waals surface area contributed by atoms with Crippen LogP contribution in [0.2, 0.25) is 0 Å². The Morgan fingerprint density at radius 3 is 2.91 bits per heavy atom. The number of nitrogens with one attached hydrogen (secondary N) is 1. The van der Waals surface area contributed by atoms with Crippen LogP contribution in [0.5, 0.6) is 0 Å². The molecule has 1 aliphatic rings. The molecule has 3 rings (SSSR count). The first-order chi connectivity index (χ1) is 10.8. The molecule has 0 saturated carbocycles. The molecule has 0 atom stereocenters. The fourth-order valence-electron chi connectivity index (χ4n) is 2.16. The number of benzene rings is 1. The Morgan fingerprint density at radius 1 is 1.27 bits per heavy atom. The molecule has 2 heterocycles. The molecule has 0 saturated heterocycles. The van der Waals surface area contributed by atoms with Crippen molar-refractivity contribution < 1.29 is 0 Å². The van der Waals surface area contributed by atoms with Gasteiger partial charge in [-0.05, 0) is 31.0 Å². The molecule has 5 heteroatoms. The Kier molecular flexibility index (Phi) is 3.84. The van der Waals surface area contributed by atoms with Crippen LogP contribution in [-0.2, 0) is 0 Å². The van der Waals surface area contributed by atoms with E-state index in [1.54, 1.807) is 6.20 Å². The third kappa shape index (κ3) is 2.96. The zero-order valence-corrected chi connectivity index (χ0v) is 12.0. The number of anilines is 3. The summed E-state index contributed by atoms with van der Waals surface area (Å²) >= 11 is 0. The van der Waals surface area contributed by atoms with Crippen molar-refractivity contribution in [1.82, 2.24) is 9.97 Å². The third-order valence-electron chi connectivity index (χ3n) is 3.24. The van der Waals surface area contributed by atoms with Gasteiger partial charge in [0.25, 0.3) is 0 Å². The largest absolute Gasteiger partial charge is 0.383 e. The predicted molar refractivity (Wildman–Crippen MR) is 89.8 cm³/mol. The maximum absolute atomic E-state index is 6.02. The molecule has 5 nitrogen and oxygen atoms in total. The molecule has 22 heavy (non-hydrogen) atoms. The summed E-state index contributed by atoms with van der Waals surface area (Å²) < 4.78 is 0. The van der Waals surface area contributed by atoms with Gasteiger partial charge < -0.3 is 11.1 Å². The van der Waals surface area contributed by atoms with Crippen LogP contribution in [-0.4, -0.2) is 16.2 Å². The summed E-state index contributed by atoms with van der Waals surface area (Å²) in [7, 11) is 0. The van der Waals surface area contributed by atoms with Crippen molar-refractivity contribution in [2.24, 2.45) is 4.99 Å². The molecular formula is C17H15N5. The van der Waals surface area contributed by atoms with Crippen LogP contribution in [0.25, 0.3) is 5.70 Å². The first-order valence-electron chi connectivity index (χ1n) is 6.95. The molecule has 0 aliphatic carbocycles. The Hall–Kier alpha value is -3.13. The van der Waals surface area contributed by atoms with Crippen molar-refractivity contribution >= 4 is 29.4 Å². The predicted octanol–water partition coefficient (Wildman–Crippen LogP) is 2.99. The van der Waals surface area contributed by atoms with E-state index in [1.807, 2.05) is 36.6 Å². The summed E-state index contributed by atoms with van der Waals surface area (Å²) in [6.45, 7) is 0. The number of nitrogen functional groups attached to an aromatic ring is 1. The zero-order valence-electron chi connectivity index (χ0n) is 12.0. The summed E-state index contributed by atoms with van der Waals surface area (Å²) in [5.74, 6) is 3.41. The molecule has 0 unspecified atom stereocenters. The van der Waals surface area contributed by atoms with Crippen LogP contribution in [0.15, 0.2) is 41.5 Å². The van der Waals surface area contributed by atoms with E-state index >= 15 is 0 Å². The quantitative estimate of drug-likeness (QED) is 0.852. The second-order valence-electron chi connectivity index (χ2n) is 4.82. The van der Waals surface area contributed by atoms with Crippen LogP contribution in [0, 0.1) is 12.3 Å². The van der Waals surface area contributed by atoms with E-state index in [-0.39, 0.29) is 0 Å². The van der Waals surface area contributed by atoms with Crippen LogP contribution < -0.4 is 11.1 Å². The maximum Gasteiger partial charge on any atom is 0.229 e. The van der Waals surface area contributed by atoms with E-state index in [1.165, 1.54) is 0 Å². The van der Waals surface area contributed by atoms with Crippen LogP contribution in [0.4, 0.5) is 17.5 Å². The van der Waals surface area contributed by atoms with Crippen molar-refractivity contribution in [2.45, 2.75) is 12.8 Å². The van der Waals surface area contributed by atoms with Crippen molar-refractivity contribution in [3.8, 4) is 12.3 Å². The minimum Gasteiger partial charge on any atom is -0.383 e. The molecule has 0 spiro atoms. The molecule has 1 aliphatic heterocycles. The number of nitrogens with zero attached hydrogens (tertiary/aromatic N) is 3. The summed E-state index contributed by atoms with van der Waals surface area (Å²) in [5, 5.41) is 3.09. The number of aliphatic imine (C=N–C) groups is 1. The van der Waals surface area contributed by atoms with Crippen LogP contribution in [0.3, 0.4) is 0 Å². The summed E-state index contributed by atoms with van der Waals surface area (Å²) in [4.78, 5) is 12.9. The van der Waals surface area contributed by atoms with Gasteiger partial charge in [0, 0.05) is 23.7 Å². The maximum atomic E-state index is 6.02. The topological polar surface area (TPSA) is 76.2 Å². The normalized spacial score (nSPS) is 13.3. The van der Waals surface area contributed by atoms with E-state index < -0.39 is 0 Å². The third-order valence-corrected chi connectivity index (χ3v) is 3.24. The van der Waals surface area contributed by atoms with Gasteiger partial charge in [0.05, 0.1) is 11.3 Å². The molecule has 1 aromatic heterocycles. The molecule has 108 valence electrons. The average Bonchev–Trinajstić information content (AvgIpc) is 2.56. The molecule has 0 radical (unpaired) electrons. The number of hydrogen-bond donors (Lipinski definition) is 2. The minimum atomic E-state index is 0.399. The highest BCUT2D eigenvalue weighted by atomic mass is 15.1. The highest BCUT2D eigenvalue weighted by molar-refractivity contribution is 5.80. The van der Waals surface area contributed by atoms with E-state index in [2.05, 4.69) is 26.2 Å². The van der Waals surface area contributed by atoms with Gasteiger partial charge in [-0.2, -0.15) is 4.98 Å². The van der Waals surface area contributed by atoms with Crippen molar-refractivity contribution in [2.75, 3.05) is 11.1 Å². The second kappa shape index (κ2) is 6.10. The van der Waals surface area contributed by atoms with E-state index in [9.17, 15) is 0 Å². The first kappa shape index (κ1) is 13.8. The summed E-state index contributed by atoms with van der Waals surface area (Å²) in [6, 6.07) is 7.47. The van der Waals surface area contributed by atoms with Gasteiger partial charge in [0.2, 0.25) is 5.95 Å². The van der Waals surface area contributed by atoms with Gasteiger partial charge in [0.1, 0.15) is 5.82 Å².